The standard InChI is InChI=1S/C21H29N3O5S2/c1-15(2)24(5)31(28,29)19-10-7-18(8-11-19)23-21(25)12-13-22-30(26,27)20-9-6-16(3)17(4)14-20/h6-11,14-15,22H,12-13H2,1-5H3,(H,23,25). The van der Waals surface area contributed by atoms with Crippen molar-refractivity contribution in [3.8, 4) is 0 Å². The van der Waals surface area contributed by atoms with Gasteiger partial charge in [0.2, 0.25) is 26.0 Å². The van der Waals surface area contributed by atoms with Crippen LogP contribution < -0.4 is 10.0 Å². The maximum Gasteiger partial charge on any atom is 0.243 e. The second-order valence-corrected chi connectivity index (χ2v) is 11.3. The fraction of sp³-hybridized carbons (Fsp3) is 0.381. The summed E-state index contributed by atoms with van der Waals surface area (Å²) >= 11 is 0. The number of carbonyl (C=O) groups is 1. The number of nitrogens with one attached hydrogen (secondary N) is 2. The lowest BCUT2D eigenvalue weighted by atomic mass is 10.1. The van der Waals surface area contributed by atoms with Gasteiger partial charge in [0.25, 0.3) is 0 Å². The van der Waals surface area contributed by atoms with Gasteiger partial charge < -0.3 is 5.32 Å². The highest BCUT2D eigenvalue weighted by Gasteiger charge is 2.23. The zero-order valence-corrected chi connectivity index (χ0v) is 20.0. The second-order valence-electron chi connectivity index (χ2n) is 7.58. The zero-order valence-electron chi connectivity index (χ0n) is 18.3. The summed E-state index contributed by atoms with van der Waals surface area (Å²) in [5.41, 5.74) is 2.28. The summed E-state index contributed by atoms with van der Waals surface area (Å²) in [4.78, 5) is 12.4. The minimum Gasteiger partial charge on any atom is -0.326 e. The SMILES string of the molecule is Cc1ccc(S(=O)(=O)NCCC(=O)Nc2ccc(S(=O)(=O)N(C)C(C)C)cc2)cc1C. The van der Waals surface area contributed by atoms with Gasteiger partial charge in [-0.3, -0.25) is 4.79 Å². The molecule has 0 fully saturated rings. The van der Waals surface area contributed by atoms with E-state index in [0.717, 1.165) is 11.1 Å². The number of benzene rings is 2. The van der Waals surface area contributed by atoms with Crippen molar-refractivity contribution in [1.82, 2.24) is 9.03 Å². The van der Waals surface area contributed by atoms with E-state index in [4.69, 9.17) is 0 Å². The summed E-state index contributed by atoms with van der Waals surface area (Å²) in [6, 6.07) is 10.5. The van der Waals surface area contributed by atoms with E-state index in [1.54, 1.807) is 26.0 Å². The minimum atomic E-state index is -3.71. The molecule has 0 saturated heterocycles. The van der Waals surface area contributed by atoms with Crippen molar-refractivity contribution in [1.29, 1.82) is 0 Å². The van der Waals surface area contributed by atoms with Crippen LogP contribution in [0.1, 0.15) is 31.4 Å². The van der Waals surface area contributed by atoms with Gasteiger partial charge in [-0.1, -0.05) is 6.07 Å². The number of anilines is 1. The average Bonchev–Trinajstić information content (AvgIpc) is 2.69. The van der Waals surface area contributed by atoms with E-state index in [-0.39, 0.29) is 28.8 Å². The van der Waals surface area contributed by atoms with Crippen LogP contribution in [0.2, 0.25) is 0 Å². The van der Waals surface area contributed by atoms with Crippen molar-refractivity contribution in [3.63, 3.8) is 0 Å². The van der Waals surface area contributed by atoms with Crippen molar-refractivity contribution in [2.75, 3.05) is 18.9 Å². The molecule has 1 amide bonds. The average molecular weight is 468 g/mol. The van der Waals surface area contributed by atoms with E-state index in [9.17, 15) is 21.6 Å². The van der Waals surface area contributed by atoms with Gasteiger partial charge in [0, 0.05) is 31.7 Å². The Labute approximate surface area is 184 Å². The Morgan fingerprint density at radius 2 is 1.52 bits per heavy atom. The van der Waals surface area contributed by atoms with Crippen LogP contribution in [-0.4, -0.2) is 46.7 Å². The summed E-state index contributed by atoms with van der Waals surface area (Å²) in [6.07, 6.45) is -0.0692. The molecule has 0 aliphatic rings. The third-order valence-electron chi connectivity index (χ3n) is 4.98. The number of amides is 1. The van der Waals surface area contributed by atoms with E-state index in [0.29, 0.717) is 5.69 Å². The van der Waals surface area contributed by atoms with E-state index in [2.05, 4.69) is 10.0 Å². The van der Waals surface area contributed by atoms with Crippen LogP contribution in [0.5, 0.6) is 0 Å². The molecule has 0 saturated carbocycles. The molecule has 31 heavy (non-hydrogen) atoms. The van der Waals surface area contributed by atoms with Crippen LogP contribution in [0.3, 0.4) is 0 Å². The first-order chi connectivity index (χ1) is 14.3. The number of rotatable bonds is 9. The van der Waals surface area contributed by atoms with Crippen LogP contribution in [0.25, 0.3) is 0 Å². The molecular weight excluding hydrogens is 438 g/mol. The van der Waals surface area contributed by atoms with Crippen LogP contribution in [0.15, 0.2) is 52.3 Å². The number of hydrogen-bond acceptors (Lipinski definition) is 5. The largest absolute Gasteiger partial charge is 0.326 e. The first-order valence-electron chi connectivity index (χ1n) is 9.79. The predicted octanol–water partition coefficient (Wildman–Crippen LogP) is 2.64. The van der Waals surface area contributed by atoms with Crippen molar-refractivity contribution < 1.29 is 21.6 Å². The number of carbonyl (C=O) groups excluding carboxylic acids is 1. The van der Waals surface area contributed by atoms with Gasteiger partial charge in [0.05, 0.1) is 9.79 Å². The van der Waals surface area contributed by atoms with Gasteiger partial charge in [-0.05, 0) is 75.2 Å². The fourth-order valence-electron chi connectivity index (χ4n) is 2.64. The lowest BCUT2D eigenvalue weighted by Crippen LogP contribution is -2.33. The summed E-state index contributed by atoms with van der Waals surface area (Å²) < 4.78 is 53.4. The maximum atomic E-state index is 12.5. The van der Waals surface area contributed by atoms with Crippen molar-refractivity contribution in [2.24, 2.45) is 0 Å². The van der Waals surface area contributed by atoms with E-state index >= 15 is 0 Å². The molecule has 2 aromatic carbocycles. The summed E-state index contributed by atoms with van der Waals surface area (Å²) in [5.74, 6) is -0.391. The Hall–Kier alpha value is -2.27. The molecule has 0 aliphatic heterocycles. The molecule has 0 heterocycles. The van der Waals surface area contributed by atoms with E-state index in [1.165, 1.54) is 41.7 Å². The molecule has 2 aromatic rings. The molecule has 2 rings (SSSR count). The topological polar surface area (TPSA) is 113 Å². The molecule has 0 spiro atoms. The van der Waals surface area contributed by atoms with Gasteiger partial charge in [-0.2, -0.15) is 4.31 Å². The van der Waals surface area contributed by atoms with Crippen molar-refractivity contribution in [3.05, 3.63) is 53.6 Å². The molecule has 10 heteroatoms. The first kappa shape index (κ1) is 25.0. The lowest BCUT2D eigenvalue weighted by Gasteiger charge is -2.21. The quantitative estimate of drug-likeness (QED) is 0.589. The lowest BCUT2D eigenvalue weighted by molar-refractivity contribution is -0.116. The zero-order chi connectivity index (χ0) is 23.4. The molecule has 0 bridgehead atoms. The molecule has 170 valence electrons. The molecule has 0 aliphatic carbocycles. The van der Waals surface area contributed by atoms with Gasteiger partial charge in [0.15, 0.2) is 0 Å². The molecule has 8 nitrogen and oxygen atoms in total. The van der Waals surface area contributed by atoms with E-state index in [1.807, 2.05) is 13.8 Å². The van der Waals surface area contributed by atoms with Gasteiger partial charge in [-0.15, -0.1) is 0 Å². The van der Waals surface area contributed by atoms with Crippen molar-refractivity contribution in [2.45, 2.75) is 49.9 Å². The summed E-state index contributed by atoms with van der Waals surface area (Å²) in [5, 5.41) is 2.63. The molecule has 0 atom stereocenters. The minimum absolute atomic E-state index is 0.0628. The number of aryl methyl sites for hydroxylation is 2. The highest BCUT2D eigenvalue weighted by atomic mass is 32.2. The molecule has 0 aromatic heterocycles. The Morgan fingerprint density at radius 3 is 2.06 bits per heavy atom. The fourth-order valence-corrected chi connectivity index (χ4v) is 5.13. The maximum absolute atomic E-state index is 12.5. The third kappa shape index (κ3) is 6.36. The van der Waals surface area contributed by atoms with Gasteiger partial charge in [0.1, 0.15) is 0 Å². The first-order valence-corrected chi connectivity index (χ1v) is 12.7. The number of nitrogens with zero attached hydrogens (tertiary/aromatic N) is 1. The molecule has 2 N–H and O–H groups in total. The third-order valence-corrected chi connectivity index (χ3v) is 8.48. The highest BCUT2D eigenvalue weighted by Crippen LogP contribution is 2.19. The highest BCUT2D eigenvalue weighted by molar-refractivity contribution is 7.89. The van der Waals surface area contributed by atoms with Gasteiger partial charge >= 0.3 is 0 Å². The molecule has 0 radical (unpaired) electrons. The second kappa shape index (κ2) is 9.90. The molecular formula is C21H29N3O5S2. The van der Waals surface area contributed by atoms with Crippen LogP contribution in [-0.2, 0) is 24.8 Å². The Balaban J connectivity index is 1.93. The van der Waals surface area contributed by atoms with E-state index < -0.39 is 26.0 Å². The summed E-state index contributed by atoms with van der Waals surface area (Å²) in [7, 11) is -5.80. The van der Waals surface area contributed by atoms with Gasteiger partial charge in [-0.25, -0.2) is 21.6 Å². The molecule has 0 unspecified atom stereocenters. The number of hydrogen-bond donors (Lipinski definition) is 2. The smallest absolute Gasteiger partial charge is 0.243 e. The normalized spacial score (nSPS) is 12.4. The Kier molecular flexibility index (Phi) is 7.98. The predicted molar refractivity (Wildman–Crippen MR) is 121 cm³/mol. The van der Waals surface area contributed by atoms with Crippen LogP contribution >= 0.6 is 0 Å². The van der Waals surface area contributed by atoms with Crippen molar-refractivity contribution >= 4 is 31.6 Å². The monoisotopic (exact) mass is 467 g/mol. The van der Waals surface area contributed by atoms with Crippen LogP contribution in [0.4, 0.5) is 5.69 Å². The number of sulfonamides is 2. The van der Waals surface area contributed by atoms with Crippen LogP contribution in [0, 0.1) is 13.8 Å². The summed E-state index contributed by atoms with van der Waals surface area (Å²) in [6.45, 7) is 7.22. The Bertz CT molecular complexity index is 1140. The Morgan fingerprint density at radius 1 is 0.935 bits per heavy atom.